The summed E-state index contributed by atoms with van der Waals surface area (Å²) in [6.45, 7) is 2.72. The van der Waals surface area contributed by atoms with E-state index in [1.54, 1.807) is 0 Å². The average molecular weight is 202 g/mol. The molecule has 0 fully saturated rings. The maximum absolute atomic E-state index is 10.5. The zero-order chi connectivity index (χ0) is 10.8. The zero-order valence-electron chi connectivity index (χ0n) is 8.51. The van der Waals surface area contributed by atoms with Gasteiger partial charge < -0.3 is 15.7 Å². The van der Waals surface area contributed by atoms with Crippen LogP contribution in [-0.2, 0) is 4.79 Å². The molecule has 0 aliphatic heterocycles. The van der Waals surface area contributed by atoms with Gasteiger partial charge in [0.05, 0.1) is 0 Å². The second kappa shape index (κ2) is 8.34. The lowest BCUT2D eigenvalue weighted by Crippen LogP contribution is -2.22. The summed E-state index contributed by atoms with van der Waals surface area (Å²) in [7, 11) is 0. The van der Waals surface area contributed by atoms with E-state index in [0.717, 1.165) is 25.7 Å². The molecular formula is C9H18N2O3. The van der Waals surface area contributed by atoms with E-state index < -0.39 is 6.09 Å². The molecule has 3 N–H and O–H groups in total. The number of carbonyl (C=O) groups excluding carboxylic acids is 1. The maximum Gasteiger partial charge on any atom is 0.404 e. The Hall–Kier alpha value is -1.26. The SMILES string of the molecule is CC(=O)NCCCCCCNC(=O)O. The van der Waals surface area contributed by atoms with Gasteiger partial charge in [-0.3, -0.25) is 4.79 Å². The van der Waals surface area contributed by atoms with Crippen LogP contribution in [-0.4, -0.2) is 30.2 Å². The van der Waals surface area contributed by atoms with Crippen molar-refractivity contribution in [3.05, 3.63) is 0 Å². The van der Waals surface area contributed by atoms with E-state index in [2.05, 4.69) is 10.6 Å². The monoisotopic (exact) mass is 202 g/mol. The van der Waals surface area contributed by atoms with Crippen molar-refractivity contribution < 1.29 is 14.7 Å². The Balaban J connectivity index is 2.99. The van der Waals surface area contributed by atoms with Crippen molar-refractivity contribution in [2.75, 3.05) is 13.1 Å². The first-order valence-corrected chi connectivity index (χ1v) is 4.84. The molecule has 0 heterocycles. The minimum atomic E-state index is -0.969. The molecule has 82 valence electrons. The van der Waals surface area contributed by atoms with Crippen LogP contribution in [0.3, 0.4) is 0 Å². The van der Waals surface area contributed by atoms with Crippen molar-refractivity contribution in [3.8, 4) is 0 Å². The summed E-state index contributed by atoms with van der Waals surface area (Å²) in [6.07, 6.45) is 2.84. The van der Waals surface area contributed by atoms with Crippen LogP contribution < -0.4 is 10.6 Å². The van der Waals surface area contributed by atoms with Crippen LogP contribution in [0.15, 0.2) is 0 Å². The molecule has 0 saturated carbocycles. The fraction of sp³-hybridized carbons (Fsp3) is 0.778. The number of amides is 2. The lowest BCUT2D eigenvalue weighted by molar-refractivity contribution is -0.118. The van der Waals surface area contributed by atoms with Gasteiger partial charge in [-0.1, -0.05) is 12.8 Å². The molecule has 0 aliphatic carbocycles. The molecule has 0 aromatic carbocycles. The molecule has 0 aromatic rings. The van der Waals surface area contributed by atoms with Crippen molar-refractivity contribution in [2.24, 2.45) is 0 Å². The van der Waals surface area contributed by atoms with E-state index in [1.165, 1.54) is 6.92 Å². The Labute approximate surface area is 83.9 Å². The molecule has 0 saturated heterocycles. The lowest BCUT2D eigenvalue weighted by atomic mass is 10.2. The third-order valence-electron chi connectivity index (χ3n) is 1.75. The lowest BCUT2D eigenvalue weighted by Gasteiger charge is -2.02. The van der Waals surface area contributed by atoms with E-state index in [0.29, 0.717) is 13.1 Å². The minimum Gasteiger partial charge on any atom is -0.465 e. The largest absolute Gasteiger partial charge is 0.465 e. The van der Waals surface area contributed by atoms with Gasteiger partial charge in [0.15, 0.2) is 0 Å². The molecule has 5 nitrogen and oxygen atoms in total. The van der Waals surface area contributed by atoms with Gasteiger partial charge in [0.2, 0.25) is 5.91 Å². The summed E-state index contributed by atoms with van der Waals surface area (Å²) in [5, 5.41) is 13.3. The van der Waals surface area contributed by atoms with Gasteiger partial charge in [-0.2, -0.15) is 0 Å². The van der Waals surface area contributed by atoms with Crippen LogP contribution in [0.4, 0.5) is 4.79 Å². The number of hydrogen-bond acceptors (Lipinski definition) is 2. The number of carboxylic acid groups (broad SMARTS) is 1. The summed E-state index contributed by atoms with van der Waals surface area (Å²) in [5.74, 6) is -0.00227. The van der Waals surface area contributed by atoms with Gasteiger partial charge in [-0.25, -0.2) is 4.79 Å². The van der Waals surface area contributed by atoms with Crippen molar-refractivity contribution in [2.45, 2.75) is 32.6 Å². The highest BCUT2D eigenvalue weighted by atomic mass is 16.4. The number of unbranched alkanes of at least 4 members (excludes halogenated alkanes) is 3. The Bertz CT molecular complexity index is 163. The molecule has 2 amide bonds. The smallest absolute Gasteiger partial charge is 0.404 e. The van der Waals surface area contributed by atoms with Crippen LogP contribution >= 0.6 is 0 Å². The molecule has 0 bridgehead atoms. The van der Waals surface area contributed by atoms with Crippen molar-refractivity contribution in [3.63, 3.8) is 0 Å². The van der Waals surface area contributed by atoms with Crippen LogP contribution in [0.1, 0.15) is 32.6 Å². The van der Waals surface area contributed by atoms with E-state index in [4.69, 9.17) is 5.11 Å². The van der Waals surface area contributed by atoms with Crippen LogP contribution in [0, 0.1) is 0 Å². The first-order chi connectivity index (χ1) is 6.63. The first-order valence-electron chi connectivity index (χ1n) is 4.84. The number of nitrogens with one attached hydrogen (secondary N) is 2. The predicted molar refractivity (Wildman–Crippen MR) is 53.2 cm³/mol. The fourth-order valence-corrected chi connectivity index (χ4v) is 1.06. The molecule has 0 rings (SSSR count). The fourth-order valence-electron chi connectivity index (χ4n) is 1.06. The number of carbonyl (C=O) groups is 2. The van der Waals surface area contributed by atoms with E-state index in [1.807, 2.05) is 0 Å². The van der Waals surface area contributed by atoms with Gasteiger partial charge >= 0.3 is 6.09 Å². The van der Waals surface area contributed by atoms with E-state index >= 15 is 0 Å². The molecule has 0 radical (unpaired) electrons. The summed E-state index contributed by atoms with van der Waals surface area (Å²) >= 11 is 0. The number of hydrogen-bond donors (Lipinski definition) is 3. The third kappa shape index (κ3) is 10.7. The second-order valence-corrected chi connectivity index (χ2v) is 3.13. The van der Waals surface area contributed by atoms with Gasteiger partial charge in [0.25, 0.3) is 0 Å². The van der Waals surface area contributed by atoms with Gasteiger partial charge in [-0.05, 0) is 12.8 Å². The number of rotatable bonds is 7. The Kier molecular flexibility index (Phi) is 7.59. The standard InChI is InChI=1S/C9H18N2O3/c1-8(12)10-6-4-2-3-5-7-11-9(13)14/h11H,2-7H2,1H3,(H,10,12)(H,13,14). The molecule has 0 atom stereocenters. The average Bonchev–Trinajstić information content (AvgIpc) is 2.08. The molecule has 0 spiro atoms. The van der Waals surface area contributed by atoms with Gasteiger partial charge in [-0.15, -0.1) is 0 Å². The summed E-state index contributed by atoms with van der Waals surface area (Å²) < 4.78 is 0. The highest BCUT2D eigenvalue weighted by Gasteiger charge is 1.94. The third-order valence-corrected chi connectivity index (χ3v) is 1.75. The highest BCUT2D eigenvalue weighted by Crippen LogP contribution is 1.97. The molecule has 0 aromatic heterocycles. The Morgan fingerprint density at radius 2 is 1.50 bits per heavy atom. The summed E-state index contributed by atoms with van der Waals surface area (Å²) in [4.78, 5) is 20.5. The second-order valence-electron chi connectivity index (χ2n) is 3.13. The minimum absolute atomic E-state index is 0.00227. The van der Waals surface area contributed by atoms with Crippen molar-refractivity contribution in [1.82, 2.24) is 10.6 Å². The zero-order valence-corrected chi connectivity index (χ0v) is 8.51. The normalized spacial score (nSPS) is 9.50. The highest BCUT2D eigenvalue weighted by molar-refractivity contribution is 5.72. The van der Waals surface area contributed by atoms with E-state index in [-0.39, 0.29) is 5.91 Å². The van der Waals surface area contributed by atoms with E-state index in [9.17, 15) is 9.59 Å². The predicted octanol–water partition coefficient (Wildman–Crippen LogP) is 0.951. The van der Waals surface area contributed by atoms with Crippen LogP contribution in [0.2, 0.25) is 0 Å². The van der Waals surface area contributed by atoms with Crippen molar-refractivity contribution in [1.29, 1.82) is 0 Å². The molecular weight excluding hydrogens is 184 g/mol. The van der Waals surface area contributed by atoms with Crippen LogP contribution in [0.5, 0.6) is 0 Å². The Morgan fingerprint density at radius 1 is 1.00 bits per heavy atom. The molecule has 0 aliphatic rings. The molecule has 5 heteroatoms. The molecule has 0 unspecified atom stereocenters. The summed E-state index contributed by atoms with van der Waals surface area (Å²) in [5.41, 5.74) is 0. The van der Waals surface area contributed by atoms with Gasteiger partial charge in [0.1, 0.15) is 0 Å². The van der Waals surface area contributed by atoms with Gasteiger partial charge in [0, 0.05) is 20.0 Å². The quantitative estimate of drug-likeness (QED) is 0.538. The summed E-state index contributed by atoms with van der Waals surface area (Å²) in [6, 6.07) is 0. The Morgan fingerprint density at radius 3 is 1.93 bits per heavy atom. The maximum atomic E-state index is 10.5. The topological polar surface area (TPSA) is 78.4 Å². The molecule has 14 heavy (non-hydrogen) atoms. The first kappa shape index (κ1) is 12.7. The van der Waals surface area contributed by atoms with Crippen molar-refractivity contribution >= 4 is 12.0 Å². The van der Waals surface area contributed by atoms with Crippen LogP contribution in [0.25, 0.3) is 0 Å².